The van der Waals surface area contributed by atoms with Crippen molar-refractivity contribution in [3.63, 3.8) is 0 Å². The molecule has 9 heteroatoms. The zero-order valence-electron chi connectivity index (χ0n) is 10.8. The van der Waals surface area contributed by atoms with Gasteiger partial charge < -0.3 is 20.5 Å². The standard InChI is InChI=1S/C10H16N2O5S2/c1-16-7-6(11)8(10(13)17-2)18-9(7)12-4-5-19(3,14)15/h12H,4-5,11H2,1-3H3. The summed E-state index contributed by atoms with van der Waals surface area (Å²) in [6.07, 6.45) is 1.15. The summed E-state index contributed by atoms with van der Waals surface area (Å²) in [7, 11) is -0.387. The summed E-state index contributed by atoms with van der Waals surface area (Å²) in [5.41, 5.74) is 5.96. The lowest BCUT2D eigenvalue weighted by Gasteiger charge is -2.05. The smallest absolute Gasteiger partial charge is 0.350 e. The summed E-state index contributed by atoms with van der Waals surface area (Å²) in [6, 6.07) is 0. The van der Waals surface area contributed by atoms with Gasteiger partial charge in [0.15, 0.2) is 5.75 Å². The molecule has 0 amide bonds. The van der Waals surface area contributed by atoms with Crippen LogP contribution in [0.15, 0.2) is 0 Å². The molecule has 0 fully saturated rings. The quantitative estimate of drug-likeness (QED) is 0.740. The molecule has 3 N–H and O–H groups in total. The highest BCUT2D eigenvalue weighted by molar-refractivity contribution is 7.90. The topological polar surface area (TPSA) is 108 Å². The number of thiophene rings is 1. The van der Waals surface area contributed by atoms with Crippen LogP contribution in [0.3, 0.4) is 0 Å². The van der Waals surface area contributed by atoms with Crippen LogP contribution in [-0.4, -0.2) is 47.2 Å². The first-order chi connectivity index (χ1) is 8.80. The lowest BCUT2D eigenvalue weighted by atomic mass is 10.3. The molecule has 1 aromatic rings. The molecule has 0 bridgehead atoms. The number of nitrogen functional groups attached to an aromatic ring is 1. The summed E-state index contributed by atoms with van der Waals surface area (Å²) in [5.74, 6) is -0.266. The van der Waals surface area contributed by atoms with Crippen LogP contribution in [0.2, 0.25) is 0 Å². The number of esters is 1. The van der Waals surface area contributed by atoms with E-state index in [2.05, 4.69) is 10.1 Å². The van der Waals surface area contributed by atoms with Crippen molar-refractivity contribution in [3.8, 4) is 5.75 Å². The highest BCUT2D eigenvalue weighted by Gasteiger charge is 2.22. The van der Waals surface area contributed by atoms with Crippen molar-refractivity contribution in [2.75, 3.05) is 43.8 Å². The minimum Gasteiger partial charge on any atom is -0.492 e. The monoisotopic (exact) mass is 308 g/mol. The Hall–Kier alpha value is -1.48. The molecule has 1 heterocycles. The summed E-state index contributed by atoms with van der Waals surface area (Å²) < 4.78 is 31.8. The summed E-state index contributed by atoms with van der Waals surface area (Å²) in [6.45, 7) is 0.204. The molecule has 7 nitrogen and oxygen atoms in total. The molecule has 0 aliphatic heterocycles. The Morgan fingerprint density at radius 2 is 2.05 bits per heavy atom. The van der Waals surface area contributed by atoms with E-state index >= 15 is 0 Å². The van der Waals surface area contributed by atoms with Gasteiger partial charge in [-0.2, -0.15) is 0 Å². The Morgan fingerprint density at radius 3 is 2.53 bits per heavy atom. The van der Waals surface area contributed by atoms with E-state index in [-0.39, 0.29) is 22.9 Å². The van der Waals surface area contributed by atoms with Crippen molar-refractivity contribution in [3.05, 3.63) is 4.88 Å². The molecule has 108 valence electrons. The van der Waals surface area contributed by atoms with Gasteiger partial charge in [0, 0.05) is 12.8 Å². The van der Waals surface area contributed by atoms with Crippen LogP contribution in [0, 0.1) is 0 Å². The van der Waals surface area contributed by atoms with E-state index in [1.807, 2.05) is 0 Å². The number of nitrogens with two attached hydrogens (primary N) is 1. The zero-order chi connectivity index (χ0) is 14.6. The number of methoxy groups -OCH3 is 2. The normalized spacial score (nSPS) is 11.1. The van der Waals surface area contributed by atoms with Crippen LogP contribution in [-0.2, 0) is 14.6 Å². The van der Waals surface area contributed by atoms with Gasteiger partial charge in [-0.15, -0.1) is 11.3 Å². The number of hydrogen-bond donors (Lipinski definition) is 2. The first-order valence-electron chi connectivity index (χ1n) is 5.26. The molecule has 1 rings (SSSR count). The maximum atomic E-state index is 11.5. The van der Waals surface area contributed by atoms with E-state index < -0.39 is 15.8 Å². The predicted molar refractivity (Wildman–Crippen MR) is 74.8 cm³/mol. The Bertz CT molecular complexity index is 565. The fourth-order valence-electron chi connectivity index (χ4n) is 1.34. The fraction of sp³-hybridized carbons (Fsp3) is 0.500. The van der Waals surface area contributed by atoms with Crippen LogP contribution in [0.25, 0.3) is 0 Å². The van der Waals surface area contributed by atoms with Gasteiger partial charge in [0.1, 0.15) is 25.4 Å². The second-order valence-electron chi connectivity index (χ2n) is 3.76. The fourth-order valence-corrected chi connectivity index (χ4v) is 2.85. The Morgan fingerprint density at radius 1 is 1.42 bits per heavy atom. The van der Waals surface area contributed by atoms with Crippen molar-refractivity contribution < 1.29 is 22.7 Å². The van der Waals surface area contributed by atoms with Gasteiger partial charge in [0.25, 0.3) is 0 Å². The zero-order valence-corrected chi connectivity index (χ0v) is 12.5. The molecular formula is C10H16N2O5S2. The summed E-state index contributed by atoms with van der Waals surface area (Å²) in [4.78, 5) is 11.7. The second-order valence-corrected chi connectivity index (χ2v) is 7.04. The molecule has 0 aliphatic carbocycles. The second kappa shape index (κ2) is 6.11. The Labute approximate surface area is 115 Å². The van der Waals surface area contributed by atoms with Crippen molar-refractivity contribution >= 4 is 37.8 Å². The molecule has 0 atom stereocenters. The minimum absolute atomic E-state index is 0.0263. The van der Waals surface area contributed by atoms with E-state index in [4.69, 9.17) is 10.5 Å². The number of ether oxygens (including phenoxy) is 2. The van der Waals surface area contributed by atoms with Crippen molar-refractivity contribution in [1.82, 2.24) is 0 Å². The third-order valence-electron chi connectivity index (χ3n) is 2.23. The van der Waals surface area contributed by atoms with Crippen LogP contribution in [0.1, 0.15) is 9.67 Å². The third kappa shape index (κ3) is 4.00. The number of hydrogen-bond acceptors (Lipinski definition) is 8. The van der Waals surface area contributed by atoms with Crippen molar-refractivity contribution in [2.24, 2.45) is 0 Å². The van der Waals surface area contributed by atoms with Crippen LogP contribution >= 0.6 is 11.3 Å². The lowest BCUT2D eigenvalue weighted by Crippen LogP contribution is -2.13. The van der Waals surface area contributed by atoms with Gasteiger partial charge in [0.05, 0.1) is 20.0 Å². The Kier molecular flexibility index (Phi) is 5.01. The minimum atomic E-state index is -3.06. The molecular weight excluding hydrogens is 292 g/mol. The first-order valence-corrected chi connectivity index (χ1v) is 8.14. The number of rotatable bonds is 6. The van der Waals surface area contributed by atoms with Crippen LogP contribution < -0.4 is 15.8 Å². The predicted octanol–water partition coefficient (Wildman–Crippen LogP) is 0.582. The molecule has 0 aliphatic rings. The molecule has 1 aromatic heterocycles. The average Bonchev–Trinajstić information content (AvgIpc) is 2.63. The maximum absolute atomic E-state index is 11.5. The van der Waals surface area contributed by atoms with Gasteiger partial charge >= 0.3 is 5.97 Å². The molecule has 0 unspecified atom stereocenters. The van der Waals surface area contributed by atoms with Crippen LogP contribution in [0.5, 0.6) is 5.75 Å². The number of sulfone groups is 1. The van der Waals surface area contributed by atoms with Crippen molar-refractivity contribution in [1.29, 1.82) is 0 Å². The average molecular weight is 308 g/mol. The Balaban J connectivity index is 2.92. The molecule has 0 aromatic carbocycles. The van der Waals surface area contributed by atoms with Gasteiger partial charge in [-0.25, -0.2) is 13.2 Å². The van der Waals surface area contributed by atoms with E-state index in [0.717, 1.165) is 17.6 Å². The van der Waals surface area contributed by atoms with Gasteiger partial charge in [-0.1, -0.05) is 0 Å². The molecule has 19 heavy (non-hydrogen) atoms. The number of anilines is 2. The molecule has 0 saturated heterocycles. The highest BCUT2D eigenvalue weighted by Crippen LogP contribution is 2.42. The van der Waals surface area contributed by atoms with Gasteiger partial charge in [-0.3, -0.25) is 0 Å². The summed E-state index contributed by atoms with van der Waals surface area (Å²) in [5, 5.41) is 3.39. The lowest BCUT2D eigenvalue weighted by molar-refractivity contribution is 0.0607. The van der Waals surface area contributed by atoms with Gasteiger partial charge in [0.2, 0.25) is 0 Å². The SMILES string of the molecule is COC(=O)c1sc(NCCS(C)(=O)=O)c(OC)c1N. The largest absolute Gasteiger partial charge is 0.492 e. The van der Waals surface area contributed by atoms with E-state index in [1.165, 1.54) is 14.2 Å². The summed E-state index contributed by atoms with van der Waals surface area (Å²) >= 11 is 1.06. The highest BCUT2D eigenvalue weighted by atomic mass is 32.2. The molecule has 0 spiro atoms. The molecule has 0 radical (unpaired) electrons. The third-order valence-corrected chi connectivity index (χ3v) is 4.30. The van der Waals surface area contributed by atoms with Crippen LogP contribution in [0.4, 0.5) is 10.7 Å². The number of carbonyl (C=O) groups excluding carboxylic acids is 1. The van der Waals surface area contributed by atoms with E-state index in [9.17, 15) is 13.2 Å². The van der Waals surface area contributed by atoms with Crippen molar-refractivity contribution in [2.45, 2.75) is 0 Å². The van der Waals surface area contributed by atoms with E-state index in [0.29, 0.717) is 10.8 Å². The maximum Gasteiger partial charge on any atom is 0.350 e. The van der Waals surface area contributed by atoms with E-state index in [1.54, 1.807) is 0 Å². The number of carbonyl (C=O) groups is 1. The number of nitrogens with one attached hydrogen (secondary N) is 1. The molecule has 0 saturated carbocycles. The van der Waals surface area contributed by atoms with Gasteiger partial charge in [-0.05, 0) is 0 Å². The first kappa shape index (κ1) is 15.6.